The van der Waals surface area contributed by atoms with E-state index in [9.17, 15) is 48.0 Å². The SMILES string of the molecule is CC(CC(S(=O)(=O)C(F)(F)F)S(=O)(=O)C(F)(F)F)OC(=O)CC12CC3CC(CC(C3)C1)C2. The van der Waals surface area contributed by atoms with Crippen LogP contribution in [0.5, 0.6) is 0 Å². The number of alkyl halides is 6. The number of hydrogen-bond acceptors (Lipinski definition) is 6. The summed E-state index contributed by atoms with van der Waals surface area (Å²) in [6.45, 7) is 0.877. The fourth-order valence-electron chi connectivity index (χ4n) is 6.12. The first-order chi connectivity index (χ1) is 14.4. The van der Waals surface area contributed by atoms with Crippen LogP contribution < -0.4 is 0 Å². The smallest absolute Gasteiger partial charge is 0.463 e. The Kier molecular flexibility index (Phi) is 6.41. The standard InChI is InChI=1S/C18H24F6O6S2/c1-10(2-15(31(26,27)17(19,20)21)32(28,29)18(22,23)24)30-14(25)9-16-6-11-3-12(7-16)5-13(4-11)8-16/h10-13,15H,2-9H2,1H3. The van der Waals surface area contributed by atoms with Gasteiger partial charge >= 0.3 is 17.0 Å². The van der Waals surface area contributed by atoms with E-state index >= 15 is 0 Å². The summed E-state index contributed by atoms with van der Waals surface area (Å²) in [5, 5.41) is 0. The number of sulfone groups is 2. The fourth-order valence-corrected chi connectivity index (χ4v) is 9.75. The van der Waals surface area contributed by atoms with Crippen LogP contribution in [0.15, 0.2) is 0 Å². The average Bonchev–Trinajstić information content (AvgIpc) is 2.55. The molecule has 1 atom stereocenters. The van der Waals surface area contributed by atoms with Gasteiger partial charge in [-0.1, -0.05) is 0 Å². The van der Waals surface area contributed by atoms with Gasteiger partial charge in [-0.15, -0.1) is 0 Å². The second-order valence-corrected chi connectivity index (χ2v) is 14.1. The Hall–Kier alpha value is -1.05. The van der Waals surface area contributed by atoms with Crippen LogP contribution in [0, 0.1) is 23.2 Å². The molecule has 0 aromatic carbocycles. The van der Waals surface area contributed by atoms with Gasteiger partial charge in [0.25, 0.3) is 19.7 Å². The second kappa shape index (κ2) is 8.02. The third-order valence-electron chi connectivity index (χ3n) is 6.88. The zero-order valence-electron chi connectivity index (χ0n) is 17.1. The quantitative estimate of drug-likeness (QED) is 0.375. The molecule has 4 aliphatic rings. The monoisotopic (exact) mass is 514 g/mol. The van der Waals surface area contributed by atoms with Gasteiger partial charge in [-0.25, -0.2) is 16.8 Å². The molecule has 4 fully saturated rings. The molecule has 0 aliphatic heterocycles. The van der Waals surface area contributed by atoms with Gasteiger partial charge < -0.3 is 4.74 Å². The molecule has 4 rings (SSSR count). The predicted molar refractivity (Wildman–Crippen MR) is 99.1 cm³/mol. The van der Waals surface area contributed by atoms with Crippen LogP contribution in [0.25, 0.3) is 0 Å². The third kappa shape index (κ3) is 4.76. The van der Waals surface area contributed by atoms with Gasteiger partial charge in [0.15, 0.2) is 4.58 Å². The van der Waals surface area contributed by atoms with Crippen molar-refractivity contribution >= 4 is 25.6 Å². The maximum absolute atomic E-state index is 12.9. The van der Waals surface area contributed by atoms with Crippen molar-refractivity contribution in [3.05, 3.63) is 0 Å². The Morgan fingerprint density at radius 1 is 0.875 bits per heavy atom. The molecule has 32 heavy (non-hydrogen) atoms. The van der Waals surface area contributed by atoms with Crippen molar-refractivity contribution in [2.75, 3.05) is 0 Å². The summed E-state index contributed by atoms with van der Waals surface area (Å²) in [5.41, 5.74) is -12.8. The molecule has 4 saturated carbocycles. The van der Waals surface area contributed by atoms with Crippen molar-refractivity contribution in [3.8, 4) is 0 Å². The minimum absolute atomic E-state index is 0.0798. The molecule has 186 valence electrons. The zero-order valence-corrected chi connectivity index (χ0v) is 18.7. The topological polar surface area (TPSA) is 94.6 Å². The molecular weight excluding hydrogens is 490 g/mol. The maximum Gasteiger partial charge on any atom is 0.498 e. The highest BCUT2D eigenvalue weighted by atomic mass is 32.3. The lowest BCUT2D eigenvalue weighted by atomic mass is 9.49. The molecule has 14 heteroatoms. The number of carbonyl (C=O) groups is 1. The van der Waals surface area contributed by atoms with E-state index in [1.54, 1.807) is 0 Å². The number of rotatable bonds is 7. The van der Waals surface area contributed by atoms with Gasteiger partial charge in [-0.05, 0) is 68.6 Å². The van der Waals surface area contributed by atoms with Crippen LogP contribution in [0.2, 0.25) is 0 Å². The van der Waals surface area contributed by atoms with Crippen molar-refractivity contribution in [1.82, 2.24) is 0 Å². The molecule has 0 amide bonds. The summed E-state index contributed by atoms with van der Waals surface area (Å²) in [7, 11) is -13.5. The summed E-state index contributed by atoms with van der Waals surface area (Å²) in [6, 6.07) is 0. The van der Waals surface area contributed by atoms with Crippen LogP contribution in [-0.4, -0.2) is 44.5 Å². The van der Waals surface area contributed by atoms with E-state index in [4.69, 9.17) is 4.74 Å². The Bertz CT molecular complexity index is 874. The lowest BCUT2D eigenvalue weighted by molar-refractivity contribution is -0.156. The summed E-state index contributed by atoms with van der Waals surface area (Å²) in [4.78, 5) is 12.4. The van der Waals surface area contributed by atoms with E-state index in [0.717, 1.165) is 45.4 Å². The first kappa shape index (κ1) is 25.6. The average molecular weight is 515 g/mol. The van der Waals surface area contributed by atoms with Crippen molar-refractivity contribution in [2.24, 2.45) is 23.2 Å². The largest absolute Gasteiger partial charge is 0.498 e. The van der Waals surface area contributed by atoms with Crippen LogP contribution in [0.3, 0.4) is 0 Å². The van der Waals surface area contributed by atoms with Gasteiger partial charge in [0, 0.05) is 6.42 Å². The van der Waals surface area contributed by atoms with Crippen LogP contribution >= 0.6 is 0 Å². The van der Waals surface area contributed by atoms with E-state index in [2.05, 4.69) is 0 Å². The Balaban J connectivity index is 1.73. The van der Waals surface area contributed by atoms with Crippen molar-refractivity contribution < 1.29 is 52.7 Å². The molecule has 0 N–H and O–H groups in total. The highest BCUT2D eigenvalue weighted by Crippen LogP contribution is 2.61. The highest BCUT2D eigenvalue weighted by Gasteiger charge is 2.63. The van der Waals surface area contributed by atoms with Crippen LogP contribution in [0.4, 0.5) is 26.3 Å². The highest BCUT2D eigenvalue weighted by molar-refractivity contribution is 8.09. The molecule has 4 aliphatic carbocycles. The van der Waals surface area contributed by atoms with Gasteiger partial charge in [0.05, 0.1) is 6.42 Å². The summed E-state index contributed by atoms with van der Waals surface area (Å²) >= 11 is 0. The molecule has 0 saturated heterocycles. The van der Waals surface area contributed by atoms with Gasteiger partial charge in [0.1, 0.15) is 6.10 Å². The predicted octanol–water partition coefficient (Wildman–Crippen LogP) is 4.11. The lowest BCUT2D eigenvalue weighted by Crippen LogP contribution is -2.48. The van der Waals surface area contributed by atoms with Crippen molar-refractivity contribution in [3.63, 3.8) is 0 Å². The number of hydrogen-bond donors (Lipinski definition) is 0. The van der Waals surface area contributed by atoms with Crippen molar-refractivity contribution in [1.29, 1.82) is 0 Å². The lowest BCUT2D eigenvalue weighted by Gasteiger charge is -2.56. The van der Waals surface area contributed by atoms with Crippen molar-refractivity contribution in [2.45, 2.75) is 80.0 Å². The number of esters is 1. The minimum atomic E-state index is -6.75. The van der Waals surface area contributed by atoms with E-state index in [1.165, 1.54) is 0 Å². The normalized spacial score (nSPS) is 31.7. The molecule has 0 radical (unpaired) electrons. The first-order valence-corrected chi connectivity index (χ1v) is 13.3. The van der Waals surface area contributed by atoms with Crippen LogP contribution in [0.1, 0.15) is 58.3 Å². The van der Waals surface area contributed by atoms with E-state index in [0.29, 0.717) is 17.8 Å². The van der Waals surface area contributed by atoms with Gasteiger partial charge in [0.2, 0.25) is 0 Å². The van der Waals surface area contributed by atoms with Gasteiger partial charge in [-0.3, -0.25) is 4.79 Å². The number of ether oxygens (including phenoxy) is 1. The number of halogens is 6. The fraction of sp³-hybridized carbons (Fsp3) is 0.944. The Labute approximate surface area is 181 Å². The first-order valence-electron chi connectivity index (χ1n) is 10.2. The molecular formula is C18H24F6O6S2. The number of carbonyl (C=O) groups excluding carboxylic acids is 1. The molecule has 6 nitrogen and oxygen atoms in total. The van der Waals surface area contributed by atoms with E-state index in [1.807, 2.05) is 0 Å². The molecule has 4 bridgehead atoms. The Morgan fingerprint density at radius 3 is 1.59 bits per heavy atom. The molecule has 0 aromatic heterocycles. The van der Waals surface area contributed by atoms with E-state index in [-0.39, 0.29) is 11.8 Å². The van der Waals surface area contributed by atoms with E-state index < -0.39 is 53.8 Å². The third-order valence-corrected chi connectivity index (χ3v) is 11.5. The second-order valence-electron chi connectivity index (χ2n) is 9.54. The van der Waals surface area contributed by atoms with Crippen LogP contribution in [-0.2, 0) is 29.2 Å². The van der Waals surface area contributed by atoms with Gasteiger partial charge in [-0.2, -0.15) is 26.3 Å². The zero-order chi connectivity index (χ0) is 24.3. The summed E-state index contributed by atoms with van der Waals surface area (Å²) in [6.07, 6.45) is 2.04. The summed E-state index contributed by atoms with van der Waals surface area (Å²) in [5.74, 6) is 0.547. The molecule has 0 spiro atoms. The maximum atomic E-state index is 12.9. The molecule has 0 heterocycles. The minimum Gasteiger partial charge on any atom is -0.463 e. The Morgan fingerprint density at radius 2 is 1.25 bits per heavy atom. The molecule has 0 aromatic rings. The molecule has 1 unspecified atom stereocenters. The summed E-state index contributed by atoms with van der Waals surface area (Å²) < 4.78 is 125.